The molecule has 0 radical (unpaired) electrons. The van der Waals surface area contributed by atoms with Gasteiger partial charge < -0.3 is 0 Å². The van der Waals surface area contributed by atoms with Gasteiger partial charge in [0.15, 0.2) is 5.78 Å². The molecule has 2 rings (SSSR count). The number of likely N-dealkylation sites (N-methyl/N-ethyl adjacent to an activating group) is 1. The van der Waals surface area contributed by atoms with E-state index >= 15 is 0 Å². The minimum absolute atomic E-state index is 0.284. The quantitative estimate of drug-likeness (QED) is 0.836. The van der Waals surface area contributed by atoms with Crippen LogP contribution >= 0.6 is 0 Å². The average molecular weight is 291 g/mol. The summed E-state index contributed by atoms with van der Waals surface area (Å²) in [5.74, 6) is 1.07. The van der Waals surface area contributed by atoms with E-state index in [4.69, 9.17) is 0 Å². The smallest absolute Gasteiger partial charge is 0.159 e. The van der Waals surface area contributed by atoms with E-state index in [1.54, 1.807) is 0 Å². The highest BCUT2D eigenvalue weighted by molar-refractivity contribution is 5.90. The number of nitrogens with zero attached hydrogens (tertiary/aromatic N) is 3. The number of carbonyl (C=O) groups excluding carboxylic acids is 1. The third kappa shape index (κ3) is 3.37. The van der Waals surface area contributed by atoms with Crippen LogP contribution in [-0.2, 0) is 11.2 Å². The third-order valence-electron chi connectivity index (χ3n) is 5.01. The molecule has 0 aromatic carbocycles. The molecule has 1 aromatic rings. The second-order valence-electron chi connectivity index (χ2n) is 7.09. The molecule has 0 bridgehead atoms. The van der Waals surface area contributed by atoms with Gasteiger partial charge in [0, 0.05) is 12.2 Å². The molecule has 0 amide bonds. The molecule has 4 heteroatoms. The van der Waals surface area contributed by atoms with Crippen LogP contribution in [-0.4, -0.2) is 40.1 Å². The largest absolute Gasteiger partial charge is 0.297 e. The van der Waals surface area contributed by atoms with Crippen LogP contribution in [0, 0.1) is 5.92 Å². The van der Waals surface area contributed by atoms with Gasteiger partial charge in [-0.1, -0.05) is 6.92 Å². The maximum atomic E-state index is 12.9. The van der Waals surface area contributed by atoms with Crippen LogP contribution in [0.2, 0.25) is 0 Å². The SMILES string of the molecule is CC1CCC(C(=O)Cc2ccn(C(C)C)n2)(N(C)C)CC1. The van der Waals surface area contributed by atoms with E-state index in [2.05, 4.69) is 30.8 Å². The van der Waals surface area contributed by atoms with Crippen molar-refractivity contribution in [2.24, 2.45) is 5.92 Å². The van der Waals surface area contributed by atoms with Crippen molar-refractivity contribution in [2.45, 2.75) is 64.5 Å². The molecule has 1 aliphatic rings. The molecule has 1 fully saturated rings. The number of hydrogen-bond donors (Lipinski definition) is 0. The van der Waals surface area contributed by atoms with Crippen molar-refractivity contribution in [3.05, 3.63) is 18.0 Å². The Bertz CT molecular complexity index is 482. The number of Topliss-reactive ketones (excluding diaryl/α,β-unsaturated/α-hetero) is 1. The van der Waals surface area contributed by atoms with E-state index in [1.165, 1.54) is 0 Å². The van der Waals surface area contributed by atoms with Gasteiger partial charge in [0.25, 0.3) is 0 Å². The van der Waals surface area contributed by atoms with Crippen molar-refractivity contribution >= 4 is 5.78 Å². The number of hydrogen-bond acceptors (Lipinski definition) is 3. The zero-order valence-electron chi connectivity index (χ0n) is 14.1. The van der Waals surface area contributed by atoms with E-state index in [-0.39, 0.29) is 5.54 Å². The summed E-state index contributed by atoms with van der Waals surface area (Å²) in [5, 5.41) is 4.53. The fourth-order valence-electron chi connectivity index (χ4n) is 3.30. The molecule has 0 atom stereocenters. The molecule has 1 saturated carbocycles. The van der Waals surface area contributed by atoms with Gasteiger partial charge in [-0.3, -0.25) is 14.4 Å². The van der Waals surface area contributed by atoms with Crippen LogP contribution in [0.25, 0.3) is 0 Å². The van der Waals surface area contributed by atoms with Gasteiger partial charge in [-0.25, -0.2) is 0 Å². The third-order valence-corrected chi connectivity index (χ3v) is 5.01. The molecule has 21 heavy (non-hydrogen) atoms. The Labute approximate surface area is 128 Å². The first-order valence-electron chi connectivity index (χ1n) is 8.10. The van der Waals surface area contributed by atoms with Crippen molar-refractivity contribution in [3.63, 3.8) is 0 Å². The van der Waals surface area contributed by atoms with Gasteiger partial charge in [0.2, 0.25) is 0 Å². The van der Waals surface area contributed by atoms with Crippen LogP contribution in [0.15, 0.2) is 12.3 Å². The highest BCUT2D eigenvalue weighted by Gasteiger charge is 2.42. The Kier molecular flexibility index (Phi) is 4.87. The molecule has 0 aliphatic heterocycles. The summed E-state index contributed by atoms with van der Waals surface area (Å²) in [5.41, 5.74) is 0.613. The van der Waals surface area contributed by atoms with Crippen LogP contribution in [0.1, 0.15) is 58.2 Å². The van der Waals surface area contributed by atoms with Crippen molar-refractivity contribution < 1.29 is 4.79 Å². The van der Waals surface area contributed by atoms with E-state index in [0.29, 0.717) is 18.2 Å². The first kappa shape index (κ1) is 16.2. The number of aromatic nitrogens is 2. The van der Waals surface area contributed by atoms with Gasteiger partial charge in [0.05, 0.1) is 17.7 Å². The first-order valence-corrected chi connectivity index (χ1v) is 8.10. The highest BCUT2D eigenvalue weighted by Crippen LogP contribution is 2.36. The average Bonchev–Trinajstić information content (AvgIpc) is 2.88. The standard InChI is InChI=1S/C17H29N3O/c1-13(2)20-11-8-15(18-20)12-16(21)17(19(4)5)9-6-14(3)7-10-17/h8,11,13-14H,6-7,9-10,12H2,1-5H3. The van der Waals surface area contributed by atoms with E-state index < -0.39 is 0 Å². The highest BCUT2D eigenvalue weighted by atomic mass is 16.1. The van der Waals surface area contributed by atoms with Gasteiger partial charge >= 0.3 is 0 Å². The molecule has 4 nitrogen and oxygen atoms in total. The Hall–Kier alpha value is -1.16. The van der Waals surface area contributed by atoms with Crippen molar-refractivity contribution in [2.75, 3.05) is 14.1 Å². The monoisotopic (exact) mass is 291 g/mol. The van der Waals surface area contributed by atoms with Crippen molar-refractivity contribution in [1.82, 2.24) is 14.7 Å². The lowest BCUT2D eigenvalue weighted by Gasteiger charge is -2.43. The molecular formula is C17H29N3O. The zero-order valence-corrected chi connectivity index (χ0v) is 14.1. The molecule has 1 aliphatic carbocycles. The number of rotatable bonds is 5. The summed E-state index contributed by atoms with van der Waals surface area (Å²) in [6.45, 7) is 6.49. The lowest BCUT2D eigenvalue weighted by molar-refractivity contribution is -0.131. The minimum Gasteiger partial charge on any atom is -0.297 e. The molecule has 1 aromatic heterocycles. The lowest BCUT2D eigenvalue weighted by Crippen LogP contribution is -2.53. The minimum atomic E-state index is -0.284. The second-order valence-corrected chi connectivity index (χ2v) is 7.09. The fraction of sp³-hybridized carbons (Fsp3) is 0.765. The van der Waals surface area contributed by atoms with Crippen LogP contribution in [0.4, 0.5) is 0 Å². The summed E-state index contributed by atoms with van der Waals surface area (Å²) in [6, 6.07) is 2.32. The second kappa shape index (κ2) is 6.30. The fourth-order valence-corrected chi connectivity index (χ4v) is 3.30. The van der Waals surface area contributed by atoms with E-state index in [1.807, 2.05) is 31.0 Å². The van der Waals surface area contributed by atoms with Gasteiger partial charge in [-0.2, -0.15) is 5.10 Å². The number of ketones is 1. The molecule has 1 heterocycles. The molecule has 0 N–H and O–H groups in total. The van der Waals surface area contributed by atoms with Crippen LogP contribution < -0.4 is 0 Å². The molecule has 0 spiro atoms. The lowest BCUT2D eigenvalue weighted by atomic mass is 9.73. The Morgan fingerprint density at radius 1 is 1.43 bits per heavy atom. The number of carbonyl (C=O) groups is 1. The summed E-state index contributed by atoms with van der Waals surface area (Å²) < 4.78 is 1.92. The topological polar surface area (TPSA) is 38.1 Å². The summed E-state index contributed by atoms with van der Waals surface area (Å²) in [7, 11) is 4.08. The van der Waals surface area contributed by atoms with Gasteiger partial charge in [-0.05, 0) is 65.6 Å². The normalized spacial score (nSPS) is 26.5. The predicted octanol–water partition coefficient (Wildman–Crippen LogP) is 3.09. The summed E-state index contributed by atoms with van der Waals surface area (Å²) in [4.78, 5) is 15.1. The van der Waals surface area contributed by atoms with Gasteiger partial charge in [-0.15, -0.1) is 0 Å². The molecule has 118 valence electrons. The molecule has 0 unspecified atom stereocenters. The van der Waals surface area contributed by atoms with Crippen LogP contribution in [0.3, 0.4) is 0 Å². The van der Waals surface area contributed by atoms with E-state index in [0.717, 1.165) is 37.3 Å². The Balaban J connectivity index is 2.12. The van der Waals surface area contributed by atoms with Crippen molar-refractivity contribution in [1.29, 1.82) is 0 Å². The maximum Gasteiger partial charge on any atom is 0.159 e. The maximum absolute atomic E-state index is 12.9. The first-order chi connectivity index (χ1) is 9.85. The molecule has 0 saturated heterocycles. The van der Waals surface area contributed by atoms with Crippen LogP contribution in [0.5, 0.6) is 0 Å². The van der Waals surface area contributed by atoms with Crippen molar-refractivity contribution in [3.8, 4) is 0 Å². The zero-order chi connectivity index (χ0) is 15.6. The Morgan fingerprint density at radius 2 is 2.05 bits per heavy atom. The van der Waals surface area contributed by atoms with Gasteiger partial charge in [0.1, 0.15) is 0 Å². The van der Waals surface area contributed by atoms with E-state index in [9.17, 15) is 4.79 Å². The Morgan fingerprint density at radius 3 is 2.52 bits per heavy atom. The summed E-state index contributed by atoms with van der Waals surface area (Å²) in [6.07, 6.45) is 6.66. The predicted molar refractivity (Wildman–Crippen MR) is 85.4 cm³/mol. The molecular weight excluding hydrogens is 262 g/mol. The summed E-state index contributed by atoms with van der Waals surface area (Å²) >= 11 is 0.